The average molecular weight is 202 g/mol. The van der Waals surface area contributed by atoms with Gasteiger partial charge in [-0.15, -0.1) is 12.4 Å². The standard InChI is InChI=1S/C10H15NO.ClH/c1-3-12-10-6-4-5-9(7-10)8(2)11;/h4-8H,3,11H2,1-2H3;1H/t8-;/m0./s1. The van der Waals surface area contributed by atoms with Crippen molar-refractivity contribution in [2.24, 2.45) is 5.73 Å². The van der Waals surface area contributed by atoms with Crippen molar-refractivity contribution in [2.75, 3.05) is 6.61 Å². The van der Waals surface area contributed by atoms with E-state index in [0.717, 1.165) is 11.3 Å². The van der Waals surface area contributed by atoms with Crippen LogP contribution in [0.1, 0.15) is 25.5 Å². The Morgan fingerprint density at radius 3 is 2.69 bits per heavy atom. The Balaban J connectivity index is 0.00000144. The van der Waals surface area contributed by atoms with E-state index in [1.54, 1.807) is 0 Å². The fourth-order valence-corrected chi connectivity index (χ4v) is 1.05. The molecule has 1 aromatic rings. The first-order valence-corrected chi connectivity index (χ1v) is 4.22. The number of nitrogens with two attached hydrogens (primary N) is 1. The fourth-order valence-electron chi connectivity index (χ4n) is 1.05. The quantitative estimate of drug-likeness (QED) is 0.816. The first-order valence-electron chi connectivity index (χ1n) is 4.22. The predicted octanol–water partition coefficient (Wildman–Crippen LogP) is 2.53. The van der Waals surface area contributed by atoms with Gasteiger partial charge in [-0.1, -0.05) is 12.1 Å². The highest BCUT2D eigenvalue weighted by Gasteiger charge is 1.99. The summed E-state index contributed by atoms with van der Waals surface area (Å²) in [7, 11) is 0. The van der Waals surface area contributed by atoms with E-state index in [-0.39, 0.29) is 18.4 Å². The lowest BCUT2D eigenvalue weighted by molar-refractivity contribution is 0.339. The molecule has 0 aliphatic carbocycles. The van der Waals surface area contributed by atoms with Crippen molar-refractivity contribution in [3.8, 4) is 5.75 Å². The van der Waals surface area contributed by atoms with E-state index >= 15 is 0 Å². The Hall–Kier alpha value is -0.730. The average Bonchev–Trinajstić information content (AvgIpc) is 2.05. The Morgan fingerprint density at radius 1 is 1.46 bits per heavy atom. The summed E-state index contributed by atoms with van der Waals surface area (Å²) in [6.07, 6.45) is 0. The fraction of sp³-hybridized carbons (Fsp3) is 0.400. The molecule has 1 rings (SSSR count). The summed E-state index contributed by atoms with van der Waals surface area (Å²) in [6.45, 7) is 4.63. The molecule has 0 amide bonds. The van der Waals surface area contributed by atoms with Crippen molar-refractivity contribution >= 4 is 12.4 Å². The van der Waals surface area contributed by atoms with Gasteiger partial charge in [0.1, 0.15) is 5.75 Å². The summed E-state index contributed by atoms with van der Waals surface area (Å²) in [4.78, 5) is 0. The second-order valence-electron chi connectivity index (χ2n) is 2.79. The second kappa shape index (κ2) is 5.84. The van der Waals surface area contributed by atoms with Crippen LogP contribution in [-0.4, -0.2) is 6.61 Å². The van der Waals surface area contributed by atoms with Crippen molar-refractivity contribution in [3.63, 3.8) is 0 Å². The lowest BCUT2D eigenvalue weighted by Gasteiger charge is -2.08. The van der Waals surface area contributed by atoms with Crippen LogP contribution >= 0.6 is 12.4 Å². The molecule has 0 unspecified atom stereocenters. The molecule has 0 saturated heterocycles. The van der Waals surface area contributed by atoms with Crippen LogP contribution < -0.4 is 10.5 Å². The topological polar surface area (TPSA) is 35.2 Å². The number of halogens is 1. The van der Waals surface area contributed by atoms with Crippen LogP contribution in [0.3, 0.4) is 0 Å². The number of hydrogen-bond donors (Lipinski definition) is 1. The number of rotatable bonds is 3. The van der Waals surface area contributed by atoms with Crippen molar-refractivity contribution in [2.45, 2.75) is 19.9 Å². The third kappa shape index (κ3) is 3.66. The molecule has 0 saturated carbocycles. The van der Waals surface area contributed by atoms with Crippen LogP contribution in [0.2, 0.25) is 0 Å². The zero-order valence-corrected chi connectivity index (χ0v) is 8.80. The molecule has 0 aromatic heterocycles. The Kier molecular flexibility index (Phi) is 5.51. The van der Waals surface area contributed by atoms with Crippen LogP contribution in [0.4, 0.5) is 0 Å². The molecule has 2 N–H and O–H groups in total. The van der Waals surface area contributed by atoms with Crippen molar-refractivity contribution < 1.29 is 4.74 Å². The highest BCUT2D eigenvalue weighted by molar-refractivity contribution is 5.85. The minimum Gasteiger partial charge on any atom is -0.494 e. The maximum Gasteiger partial charge on any atom is 0.119 e. The van der Waals surface area contributed by atoms with Gasteiger partial charge in [-0.3, -0.25) is 0 Å². The van der Waals surface area contributed by atoms with E-state index in [9.17, 15) is 0 Å². The Bertz CT molecular complexity index is 250. The van der Waals surface area contributed by atoms with Crippen LogP contribution in [0.5, 0.6) is 5.75 Å². The van der Waals surface area contributed by atoms with Gasteiger partial charge < -0.3 is 10.5 Å². The van der Waals surface area contributed by atoms with Gasteiger partial charge in [-0.05, 0) is 31.5 Å². The summed E-state index contributed by atoms with van der Waals surface area (Å²) >= 11 is 0. The molecular weight excluding hydrogens is 186 g/mol. The molecule has 2 nitrogen and oxygen atoms in total. The molecule has 1 aromatic carbocycles. The van der Waals surface area contributed by atoms with Crippen molar-refractivity contribution in [3.05, 3.63) is 29.8 Å². The zero-order valence-electron chi connectivity index (χ0n) is 7.99. The smallest absolute Gasteiger partial charge is 0.119 e. The molecule has 3 heteroatoms. The number of benzene rings is 1. The van der Waals surface area contributed by atoms with Gasteiger partial charge in [-0.25, -0.2) is 0 Å². The van der Waals surface area contributed by atoms with E-state index < -0.39 is 0 Å². The van der Waals surface area contributed by atoms with Gasteiger partial charge in [0.2, 0.25) is 0 Å². The lowest BCUT2D eigenvalue weighted by atomic mass is 10.1. The maximum absolute atomic E-state index is 5.72. The Morgan fingerprint density at radius 2 is 2.15 bits per heavy atom. The lowest BCUT2D eigenvalue weighted by Crippen LogP contribution is -2.04. The molecule has 0 bridgehead atoms. The minimum atomic E-state index is 0. The van der Waals surface area contributed by atoms with Crippen LogP contribution in [0.25, 0.3) is 0 Å². The third-order valence-corrected chi connectivity index (χ3v) is 1.69. The molecule has 0 heterocycles. The highest BCUT2D eigenvalue weighted by atomic mass is 35.5. The van der Waals surface area contributed by atoms with E-state index in [1.165, 1.54) is 0 Å². The van der Waals surface area contributed by atoms with E-state index in [0.29, 0.717) is 6.61 Å². The van der Waals surface area contributed by atoms with Crippen LogP contribution in [0.15, 0.2) is 24.3 Å². The van der Waals surface area contributed by atoms with Crippen LogP contribution in [-0.2, 0) is 0 Å². The zero-order chi connectivity index (χ0) is 8.97. The van der Waals surface area contributed by atoms with Gasteiger partial charge in [0.15, 0.2) is 0 Å². The molecule has 0 aliphatic heterocycles. The molecule has 0 radical (unpaired) electrons. The molecule has 0 fully saturated rings. The summed E-state index contributed by atoms with van der Waals surface area (Å²) in [5, 5.41) is 0. The summed E-state index contributed by atoms with van der Waals surface area (Å²) < 4.78 is 5.34. The first kappa shape index (κ1) is 12.3. The van der Waals surface area contributed by atoms with E-state index in [4.69, 9.17) is 10.5 Å². The van der Waals surface area contributed by atoms with Gasteiger partial charge in [0, 0.05) is 6.04 Å². The van der Waals surface area contributed by atoms with Crippen LogP contribution in [0, 0.1) is 0 Å². The van der Waals surface area contributed by atoms with E-state index in [1.807, 2.05) is 38.1 Å². The second-order valence-corrected chi connectivity index (χ2v) is 2.79. The summed E-state index contributed by atoms with van der Waals surface area (Å²) in [5.41, 5.74) is 6.84. The highest BCUT2D eigenvalue weighted by Crippen LogP contribution is 2.17. The third-order valence-electron chi connectivity index (χ3n) is 1.69. The van der Waals surface area contributed by atoms with Crippen molar-refractivity contribution in [1.82, 2.24) is 0 Å². The SMILES string of the molecule is CCOc1cccc([C@H](C)N)c1.Cl. The van der Waals surface area contributed by atoms with E-state index in [2.05, 4.69) is 0 Å². The molecule has 1 atom stereocenters. The number of hydrogen-bond acceptors (Lipinski definition) is 2. The summed E-state index contributed by atoms with van der Waals surface area (Å²) in [6, 6.07) is 7.96. The monoisotopic (exact) mass is 201 g/mol. The molecule has 0 spiro atoms. The Labute approximate surface area is 85.5 Å². The maximum atomic E-state index is 5.72. The van der Waals surface area contributed by atoms with Gasteiger partial charge >= 0.3 is 0 Å². The first-order chi connectivity index (χ1) is 5.74. The molecule has 0 aliphatic rings. The molecular formula is C10H16ClNO. The largest absolute Gasteiger partial charge is 0.494 e. The minimum absolute atomic E-state index is 0. The molecule has 13 heavy (non-hydrogen) atoms. The van der Waals surface area contributed by atoms with Crippen molar-refractivity contribution in [1.29, 1.82) is 0 Å². The van der Waals surface area contributed by atoms with Gasteiger partial charge in [0.05, 0.1) is 6.61 Å². The van der Waals surface area contributed by atoms with Gasteiger partial charge in [0.25, 0.3) is 0 Å². The van der Waals surface area contributed by atoms with Gasteiger partial charge in [-0.2, -0.15) is 0 Å². The number of ether oxygens (including phenoxy) is 1. The predicted molar refractivity (Wildman–Crippen MR) is 57.5 cm³/mol. The summed E-state index contributed by atoms with van der Waals surface area (Å²) in [5.74, 6) is 0.896. The normalized spacial score (nSPS) is 11.6. The molecule has 74 valence electrons.